The van der Waals surface area contributed by atoms with E-state index in [2.05, 4.69) is 5.32 Å². The first-order valence-corrected chi connectivity index (χ1v) is 19.5. The lowest BCUT2D eigenvalue weighted by atomic mass is 9.84. The van der Waals surface area contributed by atoms with Crippen molar-refractivity contribution in [1.82, 2.24) is 24.7 Å². The van der Waals surface area contributed by atoms with Gasteiger partial charge in [-0.05, 0) is 54.4 Å². The van der Waals surface area contributed by atoms with Gasteiger partial charge in [0.2, 0.25) is 11.8 Å². The maximum absolute atomic E-state index is 15.0. The van der Waals surface area contributed by atoms with Gasteiger partial charge in [-0.15, -0.1) is 0 Å². The number of rotatable bonds is 16. The lowest BCUT2D eigenvalue weighted by molar-refractivity contribution is -0.192. The largest absolute Gasteiger partial charge is 0.490 e. The van der Waals surface area contributed by atoms with Crippen LogP contribution >= 0.6 is 0 Å². The highest BCUT2D eigenvalue weighted by Crippen LogP contribution is 2.40. The zero-order valence-corrected chi connectivity index (χ0v) is 33.8. The Balaban J connectivity index is 0.00000107. The van der Waals surface area contributed by atoms with Gasteiger partial charge in [0, 0.05) is 62.4 Å². The summed E-state index contributed by atoms with van der Waals surface area (Å²) < 4.78 is 62.9. The Morgan fingerprint density at radius 1 is 1.00 bits per heavy atom. The van der Waals surface area contributed by atoms with Crippen LogP contribution in [0.1, 0.15) is 70.3 Å². The van der Waals surface area contributed by atoms with E-state index in [-0.39, 0.29) is 61.3 Å². The third kappa shape index (κ3) is 12.8. The number of benzene rings is 2. The van der Waals surface area contributed by atoms with Crippen LogP contribution in [0.4, 0.5) is 22.0 Å². The van der Waals surface area contributed by atoms with Crippen LogP contribution in [-0.2, 0) is 35.3 Å². The molecule has 1 aromatic heterocycles. The number of aromatic nitrogens is 2. The van der Waals surface area contributed by atoms with Crippen molar-refractivity contribution in [3.8, 4) is 11.3 Å². The topological polar surface area (TPSA) is 205 Å². The third-order valence-corrected chi connectivity index (χ3v) is 10.4. The van der Waals surface area contributed by atoms with Crippen LogP contribution in [0.2, 0.25) is 0 Å². The Hall–Kier alpha value is -5.82. The second-order valence-corrected chi connectivity index (χ2v) is 15.9. The molecule has 1 fully saturated rings. The second-order valence-electron chi connectivity index (χ2n) is 15.9. The summed E-state index contributed by atoms with van der Waals surface area (Å²) in [7, 11) is 0. The number of carboxylic acids is 1. The highest BCUT2D eigenvalue weighted by atomic mass is 19.4. The van der Waals surface area contributed by atoms with Gasteiger partial charge >= 0.3 is 12.1 Å². The van der Waals surface area contributed by atoms with E-state index in [0.29, 0.717) is 25.2 Å². The summed E-state index contributed by atoms with van der Waals surface area (Å²) in [6, 6.07) is 10.8. The minimum absolute atomic E-state index is 0.0204. The zero-order chi connectivity index (χ0) is 45.2. The number of aliphatic hydroxyl groups is 1. The van der Waals surface area contributed by atoms with Gasteiger partial charge in [-0.25, -0.2) is 18.6 Å². The number of nitrogens with two attached hydrogens (primary N) is 1. The Morgan fingerprint density at radius 2 is 1.64 bits per heavy atom. The molecule has 0 bridgehead atoms. The van der Waals surface area contributed by atoms with E-state index in [1.54, 1.807) is 10.8 Å². The summed E-state index contributed by atoms with van der Waals surface area (Å²) in [5, 5.41) is 20.0. The molecule has 0 radical (unpaired) electrons. The van der Waals surface area contributed by atoms with E-state index in [9.17, 15) is 46.6 Å². The predicted octanol–water partition coefficient (Wildman–Crippen LogP) is 4.55. The van der Waals surface area contributed by atoms with E-state index in [1.165, 1.54) is 17.1 Å². The van der Waals surface area contributed by atoms with E-state index in [0.717, 1.165) is 35.1 Å². The van der Waals surface area contributed by atoms with Crippen LogP contribution in [0.25, 0.3) is 11.3 Å². The summed E-state index contributed by atoms with van der Waals surface area (Å²) in [6.07, 6.45) is 1.01. The van der Waals surface area contributed by atoms with Crippen LogP contribution < -0.4 is 11.1 Å². The summed E-state index contributed by atoms with van der Waals surface area (Å²) in [5.41, 5.74) is 6.77. The number of imide groups is 1. The van der Waals surface area contributed by atoms with Crippen molar-refractivity contribution in [3.05, 3.63) is 89.9 Å². The van der Waals surface area contributed by atoms with E-state index in [4.69, 9.17) is 20.6 Å². The van der Waals surface area contributed by atoms with Crippen molar-refractivity contribution in [2.45, 2.75) is 77.7 Å². The van der Waals surface area contributed by atoms with Gasteiger partial charge in [0.1, 0.15) is 29.8 Å². The van der Waals surface area contributed by atoms with Gasteiger partial charge in [0.05, 0.1) is 17.8 Å². The molecule has 0 unspecified atom stereocenters. The molecule has 5 rings (SSSR count). The number of hydrogen-bond acceptors (Lipinski definition) is 9. The molecular weight excluding hydrogens is 811 g/mol. The van der Waals surface area contributed by atoms with Gasteiger partial charge in [0.25, 0.3) is 11.8 Å². The minimum Gasteiger partial charge on any atom is -0.475 e. The molecule has 2 aromatic carbocycles. The Bertz CT molecular complexity index is 2080. The van der Waals surface area contributed by atoms with Gasteiger partial charge in [-0.1, -0.05) is 57.5 Å². The van der Waals surface area contributed by atoms with Crippen molar-refractivity contribution in [1.29, 1.82) is 0 Å². The second kappa shape index (κ2) is 20.6. The first-order valence-electron chi connectivity index (χ1n) is 19.5. The molecule has 3 aromatic rings. The van der Waals surface area contributed by atoms with Crippen molar-refractivity contribution in [2.24, 2.45) is 23.0 Å². The number of ketones is 1. The van der Waals surface area contributed by atoms with Gasteiger partial charge < -0.3 is 30.7 Å². The summed E-state index contributed by atoms with van der Waals surface area (Å²) >= 11 is 0. The fraction of sp³-hybridized carbons (Fsp3) is 0.452. The fourth-order valence-corrected chi connectivity index (χ4v) is 7.41. The number of aliphatic carboxylic acids is 1. The first kappa shape index (κ1) is 47.9. The standard InChI is InChI=1S/C40H48F2N6O6.C2HF3O2/c1-40(2,3)37(38-45-32(29-21-27(41)12-13-30(29)42)23-46(38)22-25-8-5-4-6-9-25)48(36(53)24-49)18-16-31(43)33(50)20-26-10-7-11-28(26)39(54)44-17-19-47-34(51)14-15-35(47)52;3-2(4,5)1(6)7/h4-6,8-9,12-15,21,23,26,28,31,37,49H,7,10-11,16-20,22,24,43H2,1-3H3,(H,44,54);(H,6,7)/t26-,28-,31+,37+;/m1./s1. The fourth-order valence-electron chi connectivity index (χ4n) is 7.41. The summed E-state index contributed by atoms with van der Waals surface area (Å²) in [4.78, 5) is 79.9. The number of amides is 4. The molecule has 2 aliphatic rings. The van der Waals surface area contributed by atoms with Gasteiger partial charge in [0.15, 0.2) is 0 Å². The molecular formula is C42H49F5N6O8. The number of nitrogens with zero attached hydrogens (tertiary/aromatic N) is 4. The molecule has 1 aliphatic carbocycles. The lowest BCUT2D eigenvalue weighted by Crippen LogP contribution is -2.46. The molecule has 330 valence electrons. The van der Waals surface area contributed by atoms with Gasteiger partial charge in [-0.3, -0.25) is 28.9 Å². The Morgan fingerprint density at radius 3 is 2.23 bits per heavy atom. The van der Waals surface area contributed by atoms with Crippen molar-refractivity contribution in [3.63, 3.8) is 0 Å². The van der Waals surface area contributed by atoms with Crippen LogP contribution in [0.15, 0.2) is 66.9 Å². The van der Waals surface area contributed by atoms with E-state index >= 15 is 4.39 Å². The average Bonchev–Trinajstić information content (AvgIpc) is 3.92. The molecule has 61 heavy (non-hydrogen) atoms. The molecule has 0 spiro atoms. The van der Waals surface area contributed by atoms with E-state index < -0.39 is 71.5 Å². The Kier molecular flexibility index (Phi) is 16.2. The van der Waals surface area contributed by atoms with Crippen LogP contribution in [0.3, 0.4) is 0 Å². The van der Waals surface area contributed by atoms with Crippen molar-refractivity contribution < 1.29 is 60.9 Å². The van der Waals surface area contributed by atoms with E-state index in [1.807, 2.05) is 51.1 Å². The number of hydrogen-bond donors (Lipinski definition) is 4. The third-order valence-electron chi connectivity index (χ3n) is 10.4. The number of halogens is 5. The number of aliphatic hydroxyl groups excluding tert-OH is 1. The normalized spacial score (nSPS) is 17.4. The number of imidazole rings is 1. The smallest absolute Gasteiger partial charge is 0.475 e. The average molecular weight is 861 g/mol. The first-order chi connectivity index (χ1) is 28.6. The molecule has 1 aliphatic heterocycles. The maximum atomic E-state index is 15.0. The molecule has 5 N–H and O–H groups in total. The molecule has 4 amide bonds. The summed E-state index contributed by atoms with van der Waals surface area (Å²) in [5.74, 6) is -6.35. The predicted molar refractivity (Wildman–Crippen MR) is 210 cm³/mol. The van der Waals surface area contributed by atoms with Crippen LogP contribution in [0, 0.1) is 28.9 Å². The van der Waals surface area contributed by atoms with Crippen LogP contribution in [0.5, 0.6) is 0 Å². The molecule has 14 nitrogen and oxygen atoms in total. The highest BCUT2D eigenvalue weighted by Gasteiger charge is 2.40. The van der Waals surface area contributed by atoms with Crippen molar-refractivity contribution in [2.75, 3.05) is 26.2 Å². The Labute approximate surface area is 348 Å². The number of nitrogens with one attached hydrogen (secondary N) is 1. The van der Waals surface area contributed by atoms with Crippen molar-refractivity contribution >= 4 is 35.4 Å². The molecule has 19 heteroatoms. The molecule has 2 heterocycles. The number of Topliss-reactive ketones (excluding diaryl/α,β-unsaturated/α-hetero) is 1. The summed E-state index contributed by atoms with van der Waals surface area (Å²) in [6.45, 7) is 5.29. The number of alkyl halides is 3. The lowest BCUT2D eigenvalue weighted by Gasteiger charge is -2.40. The molecule has 1 saturated carbocycles. The highest BCUT2D eigenvalue weighted by molar-refractivity contribution is 6.12. The molecule has 0 saturated heterocycles. The number of carbonyl (C=O) groups excluding carboxylic acids is 5. The minimum atomic E-state index is -5.08. The number of carboxylic acid groups (broad SMARTS) is 1. The molecule has 4 atom stereocenters. The monoisotopic (exact) mass is 860 g/mol. The SMILES string of the molecule is CC(C)(C)[C@H](c1nc(-c2cc(F)ccc2F)cn1Cc1ccccc1)N(CC[C@H](N)C(=O)C[C@H]1CCC[C@H]1C(=O)NCCN1C(=O)C=CC1=O)C(=O)CO.O=C(O)C(F)(F)F. The maximum Gasteiger partial charge on any atom is 0.490 e. The quantitative estimate of drug-likeness (QED) is 0.117. The van der Waals surface area contributed by atoms with Gasteiger partial charge in [-0.2, -0.15) is 13.2 Å². The zero-order valence-electron chi connectivity index (χ0n) is 33.8. The van der Waals surface area contributed by atoms with Crippen LogP contribution in [-0.4, -0.2) is 103 Å². The number of carbonyl (C=O) groups is 6.